The van der Waals surface area contributed by atoms with Gasteiger partial charge in [0.15, 0.2) is 16.4 Å². The van der Waals surface area contributed by atoms with E-state index >= 15 is 0 Å². The molecule has 1 aliphatic rings. The summed E-state index contributed by atoms with van der Waals surface area (Å²) in [5.74, 6) is 0.608. The van der Waals surface area contributed by atoms with Gasteiger partial charge in [-0.3, -0.25) is 4.79 Å². The highest BCUT2D eigenvalue weighted by Gasteiger charge is 2.22. The Morgan fingerprint density at radius 1 is 1.10 bits per heavy atom. The Hall–Kier alpha value is -2.35. The van der Waals surface area contributed by atoms with Crippen LogP contribution in [0.4, 0.5) is 5.13 Å². The molecule has 1 fully saturated rings. The van der Waals surface area contributed by atoms with Gasteiger partial charge in [-0.15, -0.1) is 0 Å². The van der Waals surface area contributed by atoms with Gasteiger partial charge in [0, 0.05) is 13.1 Å². The van der Waals surface area contributed by atoms with Crippen molar-refractivity contribution in [2.24, 2.45) is 0 Å². The number of thiazole rings is 1. The lowest BCUT2D eigenvalue weighted by Crippen LogP contribution is -2.29. The topological polar surface area (TPSA) is 64.2 Å². The quantitative estimate of drug-likeness (QED) is 0.404. The van der Waals surface area contributed by atoms with Gasteiger partial charge in [-0.05, 0) is 49.1 Å². The van der Waals surface area contributed by atoms with E-state index in [4.69, 9.17) is 32.6 Å². The van der Waals surface area contributed by atoms with Gasteiger partial charge in [0.2, 0.25) is 0 Å². The molecular formula is C21H18Cl2N4O2S. The Labute approximate surface area is 186 Å². The standard InChI is InChI=1S/C21H18Cl2N4O2S/c22-14-7-6-13(11-15(14)23)12-27-20(28)18-19(17(25-27)16-5-4-10-29-16)30-21(24-18)26-8-2-1-3-9-26/h4-7,10-11H,1-3,8-9,12H2. The zero-order valence-corrected chi connectivity index (χ0v) is 18.3. The maximum absolute atomic E-state index is 13.2. The van der Waals surface area contributed by atoms with Crippen molar-refractivity contribution in [2.75, 3.05) is 18.0 Å². The van der Waals surface area contributed by atoms with E-state index in [9.17, 15) is 4.79 Å². The maximum atomic E-state index is 13.2. The number of furan rings is 1. The van der Waals surface area contributed by atoms with E-state index in [-0.39, 0.29) is 12.1 Å². The van der Waals surface area contributed by atoms with E-state index in [1.54, 1.807) is 18.4 Å². The molecule has 0 radical (unpaired) electrons. The molecule has 0 N–H and O–H groups in total. The van der Waals surface area contributed by atoms with Crippen LogP contribution in [-0.2, 0) is 6.54 Å². The summed E-state index contributed by atoms with van der Waals surface area (Å²) < 4.78 is 7.78. The average Bonchev–Trinajstić information content (AvgIpc) is 3.44. The number of nitrogens with zero attached hydrogens (tertiary/aromatic N) is 4. The summed E-state index contributed by atoms with van der Waals surface area (Å²) in [6, 6.07) is 8.95. The van der Waals surface area contributed by atoms with Crippen molar-refractivity contribution >= 4 is 49.9 Å². The fraction of sp³-hybridized carbons (Fsp3) is 0.286. The molecule has 0 aliphatic carbocycles. The van der Waals surface area contributed by atoms with Crippen molar-refractivity contribution in [3.8, 4) is 11.5 Å². The first-order chi connectivity index (χ1) is 14.6. The molecule has 1 aliphatic heterocycles. The maximum Gasteiger partial charge on any atom is 0.294 e. The molecular weight excluding hydrogens is 443 g/mol. The van der Waals surface area contributed by atoms with Gasteiger partial charge in [-0.2, -0.15) is 5.10 Å². The Balaban J connectivity index is 1.64. The molecule has 0 spiro atoms. The summed E-state index contributed by atoms with van der Waals surface area (Å²) >= 11 is 13.7. The highest BCUT2D eigenvalue weighted by atomic mass is 35.5. The highest BCUT2D eigenvalue weighted by Crippen LogP contribution is 2.35. The number of halogens is 2. The molecule has 0 atom stereocenters. The average molecular weight is 461 g/mol. The molecule has 1 saturated heterocycles. The number of aromatic nitrogens is 3. The molecule has 3 aromatic heterocycles. The van der Waals surface area contributed by atoms with E-state index in [0.29, 0.717) is 27.0 Å². The molecule has 5 rings (SSSR count). The van der Waals surface area contributed by atoms with E-state index < -0.39 is 0 Å². The van der Waals surface area contributed by atoms with Crippen LogP contribution in [0.2, 0.25) is 10.0 Å². The molecule has 0 unspecified atom stereocenters. The van der Waals surface area contributed by atoms with Crippen LogP contribution in [0.15, 0.2) is 45.8 Å². The normalized spacial score (nSPS) is 14.5. The minimum absolute atomic E-state index is 0.231. The van der Waals surface area contributed by atoms with Gasteiger partial charge >= 0.3 is 0 Å². The Bertz CT molecular complexity index is 1260. The van der Waals surface area contributed by atoms with E-state index in [2.05, 4.69) is 10.00 Å². The van der Waals surface area contributed by atoms with Crippen molar-refractivity contribution in [1.29, 1.82) is 0 Å². The van der Waals surface area contributed by atoms with Crippen molar-refractivity contribution < 1.29 is 4.42 Å². The molecule has 1 aromatic carbocycles. The first-order valence-electron chi connectivity index (χ1n) is 9.74. The number of benzene rings is 1. The second-order valence-electron chi connectivity index (χ2n) is 7.26. The van der Waals surface area contributed by atoms with Gasteiger partial charge in [0.25, 0.3) is 5.56 Å². The molecule has 4 aromatic rings. The van der Waals surface area contributed by atoms with Gasteiger partial charge in [0.1, 0.15) is 5.69 Å². The van der Waals surface area contributed by atoms with Crippen LogP contribution in [0.1, 0.15) is 24.8 Å². The smallest absolute Gasteiger partial charge is 0.294 e. The second kappa shape index (κ2) is 8.06. The zero-order valence-electron chi connectivity index (χ0n) is 16.0. The third-order valence-electron chi connectivity index (χ3n) is 5.19. The van der Waals surface area contributed by atoms with Crippen LogP contribution in [0, 0.1) is 0 Å². The van der Waals surface area contributed by atoms with Crippen LogP contribution < -0.4 is 10.5 Å². The lowest BCUT2D eigenvalue weighted by molar-refractivity contribution is 0.571. The number of hydrogen-bond acceptors (Lipinski definition) is 6. The van der Waals surface area contributed by atoms with Gasteiger partial charge in [0.05, 0.1) is 27.6 Å². The van der Waals surface area contributed by atoms with Gasteiger partial charge in [-0.1, -0.05) is 40.6 Å². The van der Waals surface area contributed by atoms with Crippen LogP contribution >= 0.6 is 34.5 Å². The monoisotopic (exact) mass is 460 g/mol. The third kappa shape index (κ3) is 3.62. The summed E-state index contributed by atoms with van der Waals surface area (Å²) in [5.41, 5.74) is 1.64. The lowest BCUT2D eigenvalue weighted by atomic mass is 10.1. The largest absolute Gasteiger partial charge is 0.463 e. The predicted octanol–water partition coefficient (Wildman–Crippen LogP) is 5.46. The van der Waals surface area contributed by atoms with E-state index in [1.165, 1.54) is 22.4 Å². The van der Waals surface area contributed by atoms with Crippen LogP contribution in [0.5, 0.6) is 0 Å². The summed E-state index contributed by atoms with van der Waals surface area (Å²) in [6.45, 7) is 2.18. The van der Waals surface area contributed by atoms with Crippen molar-refractivity contribution in [1.82, 2.24) is 14.8 Å². The number of anilines is 1. The van der Waals surface area contributed by atoms with E-state index in [0.717, 1.165) is 41.3 Å². The molecule has 4 heterocycles. The SMILES string of the molecule is O=c1c2nc(N3CCCCC3)sc2c(-c2ccco2)nn1Cc1ccc(Cl)c(Cl)c1. The van der Waals surface area contributed by atoms with Crippen LogP contribution in [0.25, 0.3) is 21.7 Å². The molecule has 0 amide bonds. The van der Waals surface area contributed by atoms with Gasteiger partial charge < -0.3 is 9.32 Å². The minimum Gasteiger partial charge on any atom is -0.463 e. The third-order valence-corrected chi connectivity index (χ3v) is 7.05. The first-order valence-corrected chi connectivity index (χ1v) is 11.3. The molecule has 154 valence electrons. The minimum atomic E-state index is -0.231. The number of rotatable bonds is 4. The van der Waals surface area contributed by atoms with Crippen LogP contribution in [0.3, 0.4) is 0 Å². The summed E-state index contributed by atoms with van der Waals surface area (Å²) in [6.07, 6.45) is 5.11. The Morgan fingerprint density at radius 2 is 1.93 bits per heavy atom. The predicted molar refractivity (Wildman–Crippen MR) is 121 cm³/mol. The van der Waals surface area contributed by atoms with Crippen LogP contribution in [-0.4, -0.2) is 27.9 Å². The number of piperidine rings is 1. The first kappa shape index (κ1) is 19.6. The molecule has 30 heavy (non-hydrogen) atoms. The zero-order chi connectivity index (χ0) is 20.7. The summed E-state index contributed by atoms with van der Waals surface area (Å²) in [4.78, 5) is 20.2. The fourth-order valence-electron chi connectivity index (χ4n) is 3.66. The van der Waals surface area contributed by atoms with Crippen molar-refractivity contribution in [3.05, 3.63) is 62.6 Å². The van der Waals surface area contributed by atoms with Gasteiger partial charge in [-0.25, -0.2) is 9.67 Å². The van der Waals surface area contributed by atoms with E-state index in [1.807, 2.05) is 18.2 Å². The highest BCUT2D eigenvalue weighted by molar-refractivity contribution is 7.22. The van der Waals surface area contributed by atoms with Crippen molar-refractivity contribution in [3.63, 3.8) is 0 Å². The van der Waals surface area contributed by atoms with Crippen molar-refractivity contribution in [2.45, 2.75) is 25.8 Å². The Morgan fingerprint density at radius 3 is 2.67 bits per heavy atom. The molecule has 0 bridgehead atoms. The fourth-order valence-corrected chi connectivity index (χ4v) is 5.08. The molecule has 9 heteroatoms. The molecule has 0 saturated carbocycles. The molecule has 6 nitrogen and oxygen atoms in total. The lowest BCUT2D eigenvalue weighted by Gasteiger charge is -2.25. The Kier molecular flexibility index (Phi) is 5.26. The second-order valence-corrected chi connectivity index (χ2v) is 9.05. The number of fused-ring (bicyclic) bond motifs is 1. The summed E-state index contributed by atoms with van der Waals surface area (Å²) in [7, 11) is 0. The number of hydrogen-bond donors (Lipinski definition) is 0. The summed E-state index contributed by atoms with van der Waals surface area (Å²) in [5, 5.41) is 6.41.